The van der Waals surface area contributed by atoms with Crippen molar-refractivity contribution in [2.24, 2.45) is 5.92 Å². The smallest absolute Gasteiger partial charge is 0.338 e. The van der Waals surface area contributed by atoms with Gasteiger partial charge in [0.1, 0.15) is 0 Å². The molecule has 0 aliphatic heterocycles. The average Bonchev–Trinajstić information content (AvgIpc) is 2.49. The van der Waals surface area contributed by atoms with Gasteiger partial charge in [-0.05, 0) is 50.5 Å². The van der Waals surface area contributed by atoms with E-state index in [4.69, 9.17) is 4.74 Å². The van der Waals surface area contributed by atoms with Crippen LogP contribution in [0.5, 0.6) is 0 Å². The first-order chi connectivity index (χ1) is 9.70. The summed E-state index contributed by atoms with van der Waals surface area (Å²) in [5.41, 5.74) is 1.20. The van der Waals surface area contributed by atoms with Crippen molar-refractivity contribution in [3.05, 3.63) is 42.0 Å². The summed E-state index contributed by atoms with van der Waals surface area (Å²) in [6.45, 7) is 2.12. The summed E-state index contributed by atoms with van der Waals surface area (Å²) < 4.78 is 4.91. The topological polar surface area (TPSA) is 55.4 Å². The number of hydrogen-bond donors (Lipinski definition) is 1. The van der Waals surface area contributed by atoms with Gasteiger partial charge in [-0.15, -0.1) is 0 Å². The lowest BCUT2D eigenvalue weighted by Crippen LogP contribution is -2.23. The number of allylic oxidation sites excluding steroid dienone is 2. The van der Waals surface area contributed by atoms with Crippen LogP contribution in [0.3, 0.4) is 0 Å². The van der Waals surface area contributed by atoms with E-state index in [1.54, 1.807) is 31.2 Å². The van der Waals surface area contributed by atoms with E-state index in [9.17, 15) is 9.59 Å². The lowest BCUT2D eigenvalue weighted by molar-refractivity contribution is -0.120. The van der Waals surface area contributed by atoms with Crippen LogP contribution in [0.1, 0.15) is 36.5 Å². The first-order valence-corrected chi connectivity index (χ1v) is 6.93. The van der Waals surface area contributed by atoms with Crippen molar-refractivity contribution in [1.82, 2.24) is 0 Å². The molecule has 1 aliphatic carbocycles. The molecule has 1 N–H and O–H groups in total. The van der Waals surface area contributed by atoms with Crippen LogP contribution in [0.25, 0.3) is 0 Å². The summed E-state index contributed by atoms with van der Waals surface area (Å²) in [6, 6.07) is 6.77. The van der Waals surface area contributed by atoms with E-state index >= 15 is 0 Å². The molecule has 1 aromatic rings. The highest BCUT2D eigenvalue weighted by molar-refractivity contribution is 5.94. The maximum absolute atomic E-state index is 12.1. The number of carbonyl (C=O) groups is 2. The van der Waals surface area contributed by atoms with Gasteiger partial charge in [-0.25, -0.2) is 4.79 Å². The van der Waals surface area contributed by atoms with Crippen LogP contribution in [-0.4, -0.2) is 18.5 Å². The summed E-state index contributed by atoms with van der Waals surface area (Å²) in [7, 11) is 0. The second kappa shape index (κ2) is 6.89. The Morgan fingerprint density at radius 2 is 2.00 bits per heavy atom. The van der Waals surface area contributed by atoms with Gasteiger partial charge < -0.3 is 10.1 Å². The fraction of sp³-hybridized carbons (Fsp3) is 0.375. The van der Waals surface area contributed by atoms with Gasteiger partial charge in [0.15, 0.2) is 0 Å². The molecular formula is C16H19NO3. The minimum absolute atomic E-state index is 0.0400. The summed E-state index contributed by atoms with van der Waals surface area (Å²) in [6.07, 6.45) is 6.81. The molecule has 0 radical (unpaired) electrons. The largest absolute Gasteiger partial charge is 0.462 e. The number of nitrogens with one attached hydrogen (secondary N) is 1. The lowest BCUT2D eigenvalue weighted by Gasteiger charge is -2.17. The van der Waals surface area contributed by atoms with Gasteiger partial charge in [0.25, 0.3) is 0 Å². The fourth-order valence-corrected chi connectivity index (χ4v) is 2.18. The molecule has 0 spiro atoms. The fourth-order valence-electron chi connectivity index (χ4n) is 2.18. The first-order valence-electron chi connectivity index (χ1n) is 6.93. The van der Waals surface area contributed by atoms with Crippen LogP contribution in [0.15, 0.2) is 36.4 Å². The highest BCUT2D eigenvalue weighted by atomic mass is 16.5. The van der Waals surface area contributed by atoms with Crippen molar-refractivity contribution in [3.8, 4) is 0 Å². The Bertz CT molecular complexity index is 505. The van der Waals surface area contributed by atoms with Gasteiger partial charge in [-0.3, -0.25) is 4.79 Å². The van der Waals surface area contributed by atoms with Crippen LogP contribution in [0.2, 0.25) is 0 Å². The molecule has 4 heteroatoms. The Kier molecular flexibility index (Phi) is 4.93. The van der Waals surface area contributed by atoms with Crippen LogP contribution in [0, 0.1) is 5.92 Å². The molecule has 0 fully saturated rings. The van der Waals surface area contributed by atoms with Crippen LogP contribution < -0.4 is 5.32 Å². The first kappa shape index (κ1) is 14.3. The predicted molar refractivity (Wildman–Crippen MR) is 77.5 cm³/mol. The molecule has 0 saturated carbocycles. The number of esters is 1. The van der Waals surface area contributed by atoms with Gasteiger partial charge in [0.2, 0.25) is 5.91 Å². The van der Waals surface area contributed by atoms with Crippen LogP contribution in [0.4, 0.5) is 5.69 Å². The highest BCUT2D eigenvalue weighted by Crippen LogP contribution is 2.20. The van der Waals surface area contributed by atoms with Crippen molar-refractivity contribution < 1.29 is 14.3 Å². The van der Waals surface area contributed by atoms with Crippen molar-refractivity contribution >= 4 is 17.6 Å². The molecule has 1 unspecified atom stereocenters. The SMILES string of the molecule is CCOC(=O)c1ccc(NC(=O)C2CC=CCC2)cc1. The third-order valence-electron chi connectivity index (χ3n) is 3.30. The van der Waals surface area contributed by atoms with Gasteiger partial charge in [0, 0.05) is 11.6 Å². The number of anilines is 1. The van der Waals surface area contributed by atoms with E-state index in [2.05, 4.69) is 17.5 Å². The van der Waals surface area contributed by atoms with E-state index in [1.807, 2.05) is 0 Å². The molecule has 1 aromatic carbocycles. The van der Waals surface area contributed by atoms with E-state index in [1.165, 1.54) is 0 Å². The number of carbonyl (C=O) groups excluding carboxylic acids is 2. The normalized spacial score (nSPS) is 17.6. The number of ether oxygens (including phenoxy) is 1. The zero-order chi connectivity index (χ0) is 14.4. The number of rotatable bonds is 4. The Balaban J connectivity index is 1.94. The molecule has 106 valence electrons. The Hall–Kier alpha value is -2.10. The quantitative estimate of drug-likeness (QED) is 0.677. The zero-order valence-electron chi connectivity index (χ0n) is 11.6. The zero-order valence-corrected chi connectivity index (χ0v) is 11.6. The highest BCUT2D eigenvalue weighted by Gasteiger charge is 2.18. The van der Waals surface area contributed by atoms with Gasteiger partial charge in [0.05, 0.1) is 12.2 Å². The van der Waals surface area contributed by atoms with Crippen LogP contribution >= 0.6 is 0 Å². The Morgan fingerprint density at radius 3 is 2.60 bits per heavy atom. The average molecular weight is 273 g/mol. The molecule has 0 saturated heterocycles. The number of amides is 1. The minimum Gasteiger partial charge on any atom is -0.462 e. The summed E-state index contributed by atoms with van der Waals surface area (Å²) in [5, 5.41) is 2.88. The molecule has 0 aromatic heterocycles. The lowest BCUT2D eigenvalue weighted by atomic mass is 9.93. The molecule has 4 nitrogen and oxygen atoms in total. The summed E-state index contributed by atoms with van der Waals surface area (Å²) in [5.74, 6) is -0.259. The monoisotopic (exact) mass is 273 g/mol. The third kappa shape index (κ3) is 3.70. The molecule has 1 amide bonds. The van der Waals surface area contributed by atoms with E-state index in [-0.39, 0.29) is 17.8 Å². The summed E-state index contributed by atoms with van der Waals surface area (Å²) in [4.78, 5) is 23.6. The molecule has 1 atom stereocenters. The molecule has 0 heterocycles. The maximum atomic E-state index is 12.1. The third-order valence-corrected chi connectivity index (χ3v) is 3.30. The molecule has 1 aliphatic rings. The van der Waals surface area contributed by atoms with Gasteiger partial charge in [-0.1, -0.05) is 12.2 Å². The van der Waals surface area contributed by atoms with Crippen LogP contribution in [-0.2, 0) is 9.53 Å². The molecule has 0 bridgehead atoms. The number of hydrogen-bond acceptors (Lipinski definition) is 3. The molecular weight excluding hydrogens is 254 g/mol. The Morgan fingerprint density at radius 1 is 1.25 bits per heavy atom. The molecule has 2 rings (SSSR count). The van der Waals surface area contributed by atoms with Gasteiger partial charge >= 0.3 is 5.97 Å². The molecule has 20 heavy (non-hydrogen) atoms. The minimum atomic E-state index is -0.345. The standard InChI is InChI=1S/C16H19NO3/c1-2-20-16(19)13-8-10-14(11-9-13)17-15(18)12-6-4-3-5-7-12/h3-4,8-12H,2,5-7H2,1H3,(H,17,18). The second-order valence-corrected chi connectivity index (χ2v) is 4.77. The van der Waals surface area contributed by atoms with E-state index < -0.39 is 0 Å². The van der Waals surface area contributed by atoms with Crippen molar-refractivity contribution in [2.75, 3.05) is 11.9 Å². The second-order valence-electron chi connectivity index (χ2n) is 4.77. The number of benzene rings is 1. The summed E-state index contributed by atoms with van der Waals surface area (Å²) >= 11 is 0. The van der Waals surface area contributed by atoms with Crippen molar-refractivity contribution in [3.63, 3.8) is 0 Å². The van der Waals surface area contributed by atoms with E-state index in [0.29, 0.717) is 17.9 Å². The maximum Gasteiger partial charge on any atom is 0.338 e. The Labute approximate surface area is 118 Å². The predicted octanol–water partition coefficient (Wildman–Crippen LogP) is 3.16. The van der Waals surface area contributed by atoms with Crippen molar-refractivity contribution in [2.45, 2.75) is 26.2 Å². The van der Waals surface area contributed by atoms with E-state index in [0.717, 1.165) is 19.3 Å². The van der Waals surface area contributed by atoms with Gasteiger partial charge in [-0.2, -0.15) is 0 Å². The van der Waals surface area contributed by atoms with Crippen molar-refractivity contribution in [1.29, 1.82) is 0 Å².